The van der Waals surface area contributed by atoms with Crippen molar-refractivity contribution in [2.24, 2.45) is 7.05 Å². The predicted molar refractivity (Wildman–Crippen MR) is 112 cm³/mol. The van der Waals surface area contributed by atoms with Gasteiger partial charge >= 0.3 is 11.7 Å². The molecule has 2 rings (SSSR count). The number of nitrogens with one attached hydrogen (secondary N) is 1. The maximum Gasteiger partial charge on any atom is 0.332 e. The quantitative estimate of drug-likeness (QED) is 0.370. The summed E-state index contributed by atoms with van der Waals surface area (Å²) >= 11 is 0. The highest BCUT2D eigenvalue weighted by Gasteiger charge is 2.20. The van der Waals surface area contributed by atoms with E-state index < -0.39 is 11.2 Å². The smallest absolute Gasteiger partial charge is 0.332 e. The highest BCUT2D eigenvalue weighted by Crippen LogP contribution is 2.16. The number of imidazole rings is 1. The number of ether oxygens (including phenoxy) is 2. The fourth-order valence-electron chi connectivity index (χ4n) is 3.22. The molecule has 0 saturated carbocycles. The minimum atomic E-state index is -0.449. The van der Waals surface area contributed by atoms with Crippen LogP contribution in [0.3, 0.4) is 0 Å². The van der Waals surface area contributed by atoms with E-state index in [0.29, 0.717) is 31.8 Å². The molecule has 0 saturated heterocycles. The first-order valence-corrected chi connectivity index (χ1v) is 10.1. The van der Waals surface area contributed by atoms with E-state index in [0.717, 1.165) is 0 Å². The Labute approximate surface area is 174 Å². The first-order valence-electron chi connectivity index (χ1n) is 10.1. The summed E-state index contributed by atoms with van der Waals surface area (Å²) in [5.74, 6) is 0.0266. The number of aryl methyl sites for hydroxylation is 1. The Bertz CT molecular complexity index is 976. The van der Waals surface area contributed by atoms with Gasteiger partial charge in [-0.1, -0.05) is 0 Å². The molecule has 0 aliphatic rings. The number of hydrogen-bond acceptors (Lipinski definition) is 8. The number of carbonyl (C=O) groups excluding carboxylic acids is 1. The molecule has 30 heavy (non-hydrogen) atoms. The van der Waals surface area contributed by atoms with Crippen LogP contribution in [0.4, 0.5) is 5.95 Å². The summed E-state index contributed by atoms with van der Waals surface area (Å²) < 4.78 is 14.7. The lowest BCUT2D eigenvalue weighted by atomic mass is 10.2. The number of esters is 1. The topological polar surface area (TPSA) is 130 Å². The van der Waals surface area contributed by atoms with Crippen molar-refractivity contribution in [1.29, 1.82) is 0 Å². The number of rotatable bonds is 12. The molecule has 11 nitrogen and oxygen atoms in total. The monoisotopic (exact) mass is 425 g/mol. The van der Waals surface area contributed by atoms with E-state index >= 15 is 0 Å². The summed E-state index contributed by atoms with van der Waals surface area (Å²) in [7, 11) is 1.57. The molecule has 0 fully saturated rings. The minimum Gasteiger partial charge on any atom is -0.463 e. The number of unbranched alkanes of at least 4 members (excludes halogenated alkanes) is 1. The van der Waals surface area contributed by atoms with Gasteiger partial charge in [-0.3, -0.25) is 23.3 Å². The van der Waals surface area contributed by atoms with Crippen LogP contribution >= 0.6 is 0 Å². The molecule has 168 valence electrons. The summed E-state index contributed by atoms with van der Waals surface area (Å²) in [5.41, 5.74) is -0.371. The zero-order chi connectivity index (χ0) is 22.3. The molecule has 2 aromatic rings. The number of anilines is 1. The number of hydrogen-bond donors (Lipinski definition) is 2. The fourth-order valence-corrected chi connectivity index (χ4v) is 3.22. The second kappa shape index (κ2) is 10.9. The summed E-state index contributed by atoms with van der Waals surface area (Å²) in [6.07, 6.45) is 1.72. The van der Waals surface area contributed by atoms with E-state index in [4.69, 9.17) is 14.6 Å². The molecule has 1 atom stereocenters. The highest BCUT2D eigenvalue weighted by molar-refractivity contribution is 5.74. The highest BCUT2D eigenvalue weighted by atomic mass is 16.5. The largest absolute Gasteiger partial charge is 0.463 e. The van der Waals surface area contributed by atoms with Crippen LogP contribution in [0.2, 0.25) is 0 Å². The van der Waals surface area contributed by atoms with E-state index in [1.807, 2.05) is 13.8 Å². The van der Waals surface area contributed by atoms with Crippen LogP contribution in [0.1, 0.15) is 40.0 Å². The van der Waals surface area contributed by atoms with Crippen LogP contribution in [-0.2, 0) is 34.6 Å². The average Bonchev–Trinajstić information content (AvgIpc) is 3.06. The lowest BCUT2D eigenvalue weighted by molar-refractivity contribution is -0.145. The summed E-state index contributed by atoms with van der Waals surface area (Å²) in [5, 5.41) is 12.0. The van der Waals surface area contributed by atoms with Crippen molar-refractivity contribution in [2.75, 3.05) is 25.1 Å². The van der Waals surface area contributed by atoms with Gasteiger partial charge in [0.25, 0.3) is 5.56 Å². The van der Waals surface area contributed by atoms with Gasteiger partial charge in [0.05, 0.1) is 12.7 Å². The van der Waals surface area contributed by atoms with Crippen molar-refractivity contribution in [3.63, 3.8) is 0 Å². The van der Waals surface area contributed by atoms with Crippen LogP contribution in [0.15, 0.2) is 9.59 Å². The van der Waals surface area contributed by atoms with Gasteiger partial charge in [0.15, 0.2) is 11.2 Å². The zero-order valence-corrected chi connectivity index (χ0v) is 18.0. The number of fused-ring (bicyclic) bond motifs is 1. The number of nitrogens with zero attached hydrogens (tertiary/aromatic N) is 4. The number of carbonyl (C=O) groups is 1. The van der Waals surface area contributed by atoms with Gasteiger partial charge in [0.2, 0.25) is 5.95 Å². The maximum atomic E-state index is 13.1. The van der Waals surface area contributed by atoms with Crippen LogP contribution in [0.25, 0.3) is 11.2 Å². The molecular weight excluding hydrogens is 394 g/mol. The Hall–Kier alpha value is -2.66. The van der Waals surface area contributed by atoms with Crippen molar-refractivity contribution in [1.82, 2.24) is 18.7 Å². The van der Waals surface area contributed by atoms with Crippen molar-refractivity contribution < 1.29 is 19.4 Å². The third-order valence-electron chi connectivity index (χ3n) is 4.66. The Kier molecular flexibility index (Phi) is 8.60. The van der Waals surface area contributed by atoms with Crippen molar-refractivity contribution >= 4 is 23.1 Å². The van der Waals surface area contributed by atoms with Crippen molar-refractivity contribution in [2.45, 2.75) is 59.4 Å². The third kappa shape index (κ3) is 5.48. The first-order chi connectivity index (χ1) is 14.3. The van der Waals surface area contributed by atoms with Crippen LogP contribution < -0.4 is 16.6 Å². The van der Waals surface area contributed by atoms with E-state index in [-0.39, 0.29) is 49.7 Å². The molecule has 0 amide bonds. The lowest BCUT2D eigenvalue weighted by Crippen LogP contribution is -2.39. The van der Waals surface area contributed by atoms with Gasteiger partial charge in [0.1, 0.15) is 6.73 Å². The minimum absolute atomic E-state index is 0.0914. The SMILES string of the molecule is CCOCn1c(NCCO)nc2c1c(=O)n(CCCCC(C)OC(C)=O)c(=O)n2C. The molecule has 0 aliphatic heterocycles. The van der Waals surface area contributed by atoms with Gasteiger partial charge in [-0.15, -0.1) is 0 Å². The molecule has 0 aromatic carbocycles. The summed E-state index contributed by atoms with van der Waals surface area (Å²) in [4.78, 5) is 41.2. The molecule has 0 radical (unpaired) electrons. The maximum absolute atomic E-state index is 13.1. The normalized spacial score (nSPS) is 12.3. The van der Waals surface area contributed by atoms with Crippen molar-refractivity contribution in [3.05, 3.63) is 20.8 Å². The van der Waals surface area contributed by atoms with E-state index in [1.54, 1.807) is 11.6 Å². The molecule has 2 aromatic heterocycles. The Morgan fingerprint density at radius 2 is 2.00 bits per heavy atom. The average molecular weight is 425 g/mol. The van der Waals surface area contributed by atoms with Crippen LogP contribution in [-0.4, -0.2) is 55.6 Å². The predicted octanol–water partition coefficient (Wildman–Crippen LogP) is 0.417. The third-order valence-corrected chi connectivity index (χ3v) is 4.66. The standard InChI is InChI=1S/C19H31N5O6/c1-5-29-12-24-15-16(21-18(24)20-9-11-25)22(4)19(28)23(17(15)27)10-7-6-8-13(2)30-14(3)26/h13,25H,5-12H2,1-4H3,(H,20,21). The Morgan fingerprint density at radius 1 is 1.27 bits per heavy atom. The second-order valence-corrected chi connectivity index (χ2v) is 7.02. The number of aromatic nitrogens is 4. The van der Waals surface area contributed by atoms with E-state index in [9.17, 15) is 14.4 Å². The molecular formula is C19H31N5O6. The molecule has 1 unspecified atom stereocenters. The summed E-state index contributed by atoms with van der Waals surface area (Å²) in [6, 6.07) is 0. The van der Waals surface area contributed by atoms with E-state index in [1.165, 1.54) is 16.1 Å². The van der Waals surface area contributed by atoms with Gasteiger partial charge in [-0.05, 0) is 33.1 Å². The first kappa shape index (κ1) is 23.6. The lowest BCUT2D eigenvalue weighted by Gasteiger charge is -2.13. The van der Waals surface area contributed by atoms with Gasteiger partial charge in [0, 0.05) is 33.7 Å². The molecule has 0 aliphatic carbocycles. The number of aliphatic hydroxyl groups is 1. The molecule has 0 spiro atoms. The zero-order valence-electron chi connectivity index (χ0n) is 18.0. The molecule has 2 N–H and O–H groups in total. The summed E-state index contributed by atoms with van der Waals surface area (Å²) in [6.45, 7) is 5.94. The number of aliphatic hydroxyl groups excluding tert-OH is 1. The molecule has 0 bridgehead atoms. The van der Waals surface area contributed by atoms with Gasteiger partial charge in [-0.25, -0.2) is 4.79 Å². The van der Waals surface area contributed by atoms with Gasteiger partial charge < -0.3 is 19.9 Å². The molecule has 11 heteroatoms. The van der Waals surface area contributed by atoms with Crippen LogP contribution in [0.5, 0.6) is 0 Å². The second-order valence-electron chi connectivity index (χ2n) is 7.02. The van der Waals surface area contributed by atoms with Gasteiger partial charge in [-0.2, -0.15) is 4.98 Å². The fraction of sp³-hybridized carbons (Fsp3) is 0.684. The van der Waals surface area contributed by atoms with Crippen LogP contribution in [0, 0.1) is 0 Å². The van der Waals surface area contributed by atoms with Crippen molar-refractivity contribution in [3.8, 4) is 0 Å². The Morgan fingerprint density at radius 3 is 2.63 bits per heavy atom. The Balaban J connectivity index is 2.33. The molecule has 2 heterocycles. The van der Waals surface area contributed by atoms with E-state index in [2.05, 4.69) is 10.3 Å².